The summed E-state index contributed by atoms with van der Waals surface area (Å²) >= 11 is 0. The standard InChI is InChI=1S/C24H30N4O3/c29-23(14-19-15-25-21-6-2-1-5-20(19)21)28-11-3-4-17(16-28)7-8-22-26-24(31-27-22)18-9-12-30-13-10-18/h1-2,5-6,15,17-18,25H,3-4,7-14,16H2. The maximum Gasteiger partial charge on any atom is 0.229 e. The Morgan fingerprint density at radius 1 is 1.19 bits per heavy atom. The van der Waals surface area contributed by atoms with Gasteiger partial charge in [0.1, 0.15) is 0 Å². The number of likely N-dealkylation sites (tertiary alicyclic amines) is 1. The summed E-state index contributed by atoms with van der Waals surface area (Å²) in [7, 11) is 0. The van der Waals surface area contributed by atoms with Gasteiger partial charge in [-0.2, -0.15) is 4.98 Å². The molecule has 1 atom stereocenters. The predicted octanol–water partition coefficient (Wildman–Crippen LogP) is 3.86. The second-order valence-electron chi connectivity index (χ2n) is 8.86. The summed E-state index contributed by atoms with van der Waals surface area (Å²) in [6.07, 6.45) is 8.35. The molecule has 5 rings (SSSR count). The number of ether oxygens (including phenoxy) is 1. The summed E-state index contributed by atoms with van der Waals surface area (Å²) in [5.41, 5.74) is 2.16. The number of para-hydroxylation sites is 1. The number of amides is 1. The SMILES string of the molecule is O=C(Cc1c[nH]c2ccccc12)N1CCCC(CCc2noc(C3CCOCC3)n2)C1. The van der Waals surface area contributed by atoms with Crippen molar-refractivity contribution in [2.24, 2.45) is 5.92 Å². The van der Waals surface area contributed by atoms with Crippen LogP contribution < -0.4 is 0 Å². The van der Waals surface area contributed by atoms with Crippen LogP contribution in [0.5, 0.6) is 0 Å². The number of rotatable bonds is 6. The Labute approximate surface area is 182 Å². The number of H-pyrrole nitrogens is 1. The molecule has 0 spiro atoms. The van der Waals surface area contributed by atoms with Crippen LogP contribution in [0.2, 0.25) is 0 Å². The number of carbonyl (C=O) groups is 1. The summed E-state index contributed by atoms with van der Waals surface area (Å²) in [6.45, 7) is 3.22. The van der Waals surface area contributed by atoms with Crippen LogP contribution in [0.4, 0.5) is 0 Å². The number of nitrogens with one attached hydrogen (secondary N) is 1. The molecule has 0 aliphatic carbocycles. The quantitative estimate of drug-likeness (QED) is 0.652. The second-order valence-corrected chi connectivity index (χ2v) is 8.86. The highest BCUT2D eigenvalue weighted by Crippen LogP contribution is 2.27. The molecule has 1 aromatic carbocycles. The Kier molecular flexibility index (Phi) is 6.02. The molecule has 1 unspecified atom stereocenters. The fraction of sp³-hybridized carbons (Fsp3) is 0.542. The van der Waals surface area contributed by atoms with Gasteiger partial charge in [-0.3, -0.25) is 4.79 Å². The molecular formula is C24H30N4O3. The number of fused-ring (bicyclic) bond motifs is 1. The molecule has 2 aliphatic heterocycles. The molecule has 0 radical (unpaired) electrons. The van der Waals surface area contributed by atoms with Crippen molar-refractivity contribution in [3.8, 4) is 0 Å². The van der Waals surface area contributed by atoms with Gasteiger partial charge < -0.3 is 19.1 Å². The molecule has 1 N–H and O–H groups in total. The molecule has 3 aromatic rings. The fourth-order valence-corrected chi connectivity index (χ4v) is 4.89. The Morgan fingerprint density at radius 3 is 2.97 bits per heavy atom. The molecule has 2 aromatic heterocycles. The van der Waals surface area contributed by atoms with Crippen LogP contribution in [-0.4, -0.2) is 52.2 Å². The van der Waals surface area contributed by atoms with Crippen molar-refractivity contribution in [1.82, 2.24) is 20.0 Å². The van der Waals surface area contributed by atoms with Crippen molar-refractivity contribution in [3.05, 3.63) is 47.7 Å². The van der Waals surface area contributed by atoms with Crippen LogP contribution in [0.25, 0.3) is 10.9 Å². The van der Waals surface area contributed by atoms with E-state index in [1.165, 1.54) is 0 Å². The van der Waals surface area contributed by atoms with Crippen molar-refractivity contribution in [2.75, 3.05) is 26.3 Å². The van der Waals surface area contributed by atoms with Crippen LogP contribution in [0.15, 0.2) is 35.0 Å². The van der Waals surface area contributed by atoms with Gasteiger partial charge in [-0.05, 0) is 49.7 Å². The molecule has 7 heteroatoms. The third kappa shape index (κ3) is 4.66. The summed E-state index contributed by atoms with van der Waals surface area (Å²) in [6, 6.07) is 8.15. The monoisotopic (exact) mass is 422 g/mol. The Hall–Kier alpha value is -2.67. The topological polar surface area (TPSA) is 84.2 Å². The molecule has 2 aliphatic rings. The van der Waals surface area contributed by atoms with Gasteiger partial charge >= 0.3 is 0 Å². The third-order valence-corrected chi connectivity index (χ3v) is 6.72. The smallest absolute Gasteiger partial charge is 0.229 e. The molecule has 164 valence electrons. The van der Waals surface area contributed by atoms with E-state index in [0.29, 0.717) is 18.3 Å². The summed E-state index contributed by atoms with van der Waals surface area (Å²) in [5, 5.41) is 5.34. The Morgan fingerprint density at radius 2 is 2.06 bits per heavy atom. The van der Waals surface area contributed by atoms with Crippen molar-refractivity contribution in [2.45, 2.75) is 50.9 Å². The van der Waals surface area contributed by atoms with Gasteiger partial charge in [0, 0.05) is 55.7 Å². The number of hydrogen-bond acceptors (Lipinski definition) is 5. The Bertz CT molecular complexity index is 1020. The molecule has 1 amide bonds. The number of aromatic nitrogens is 3. The largest absolute Gasteiger partial charge is 0.381 e. The van der Waals surface area contributed by atoms with Crippen LogP contribution in [0, 0.1) is 5.92 Å². The van der Waals surface area contributed by atoms with E-state index in [0.717, 1.165) is 93.0 Å². The van der Waals surface area contributed by atoms with Crippen LogP contribution >= 0.6 is 0 Å². The first-order valence-electron chi connectivity index (χ1n) is 11.5. The zero-order valence-corrected chi connectivity index (χ0v) is 17.9. The number of aryl methyl sites for hydroxylation is 1. The molecule has 0 bridgehead atoms. The van der Waals surface area contributed by atoms with Crippen molar-refractivity contribution >= 4 is 16.8 Å². The molecule has 7 nitrogen and oxygen atoms in total. The maximum atomic E-state index is 13.0. The number of nitrogens with zero attached hydrogens (tertiary/aromatic N) is 3. The highest BCUT2D eigenvalue weighted by atomic mass is 16.5. The average molecular weight is 423 g/mol. The first kappa shape index (κ1) is 20.2. The van der Waals surface area contributed by atoms with Gasteiger partial charge in [-0.15, -0.1) is 0 Å². The van der Waals surface area contributed by atoms with Gasteiger partial charge in [-0.25, -0.2) is 0 Å². The van der Waals surface area contributed by atoms with Crippen molar-refractivity contribution in [1.29, 1.82) is 0 Å². The second kappa shape index (κ2) is 9.22. The average Bonchev–Trinajstić information content (AvgIpc) is 3.46. The van der Waals surface area contributed by atoms with E-state index in [-0.39, 0.29) is 5.91 Å². The van der Waals surface area contributed by atoms with Gasteiger partial charge in [0.05, 0.1) is 6.42 Å². The highest BCUT2D eigenvalue weighted by Gasteiger charge is 2.26. The minimum atomic E-state index is 0.218. The van der Waals surface area contributed by atoms with Crippen LogP contribution in [0.1, 0.15) is 55.3 Å². The zero-order valence-electron chi connectivity index (χ0n) is 17.9. The highest BCUT2D eigenvalue weighted by molar-refractivity contribution is 5.88. The number of piperidine rings is 1. The van der Waals surface area contributed by atoms with E-state index in [4.69, 9.17) is 9.26 Å². The van der Waals surface area contributed by atoms with E-state index in [9.17, 15) is 4.79 Å². The lowest BCUT2D eigenvalue weighted by Crippen LogP contribution is -2.40. The molecule has 4 heterocycles. The van der Waals surface area contributed by atoms with E-state index in [1.54, 1.807) is 0 Å². The van der Waals surface area contributed by atoms with Gasteiger partial charge in [0.2, 0.25) is 11.8 Å². The summed E-state index contributed by atoms with van der Waals surface area (Å²) in [5.74, 6) is 2.60. The number of hydrogen-bond donors (Lipinski definition) is 1. The minimum Gasteiger partial charge on any atom is -0.381 e. The van der Waals surface area contributed by atoms with Crippen LogP contribution in [0.3, 0.4) is 0 Å². The molecule has 2 fully saturated rings. The third-order valence-electron chi connectivity index (χ3n) is 6.72. The Balaban J connectivity index is 1.14. The first-order chi connectivity index (χ1) is 15.3. The number of benzene rings is 1. The molecule has 31 heavy (non-hydrogen) atoms. The normalized spacial score (nSPS) is 20.4. The van der Waals surface area contributed by atoms with Crippen molar-refractivity contribution < 1.29 is 14.1 Å². The van der Waals surface area contributed by atoms with E-state index in [1.807, 2.05) is 29.3 Å². The predicted molar refractivity (Wildman–Crippen MR) is 117 cm³/mol. The summed E-state index contributed by atoms with van der Waals surface area (Å²) in [4.78, 5) is 22.9. The van der Waals surface area contributed by atoms with E-state index in [2.05, 4.69) is 21.2 Å². The molecular weight excluding hydrogens is 392 g/mol. The van der Waals surface area contributed by atoms with Gasteiger partial charge in [0.15, 0.2) is 5.82 Å². The molecule has 0 saturated carbocycles. The lowest BCUT2D eigenvalue weighted by Gasteiger charge is -2.32. The lowest BCUT2D eigenvalue weighted by molar-refractivity contribution is -0.132. The lowest BCUT2D eigenvalue weighted by atomic mass is 9.93. The van der Waals surface area contributed by atoms with Crippen molar-refractivity contribution in [3.63, 3.8) is 0 Å². The fourth-order valence-electron chi connectivity index (χ4n) is 4.89. The van der Waals surface area contributed by atoms with Gasteiger partial charge in [0.25, 0.3) is 0 Å². The minimum absolute atomic E-state index is 0.218. The zero-order chi connectivity index (χ0) is 21.0. The van der Waals surface area contributed by atoms with E-state index >= 15 is 0 Å². The van der Waals surface area contributed by atoms with E-state index < -0.39 is 0 Å². The first-order valence-corrected chi connectivity index (χ1v) is 11.5. The van der Waals surface area contributed by atoms with Crippen LogP contribution in [-0.2, 0) is 22.4 Å². The molecule has 2 saturated heterocycles. The maximum absolute atomic E-state index is 13.0. The number of carbonyl (C=O) groups excluding carboxylic acids is 1. The van der Waals surface area contributed by atoms with Gasteiger partial charge in [-0.1, -0.05) is 23.4 Å². The summed E-state index contributed by atoms with van der Waals surface area (Å²) < 4.78 is 10.9. The number of aromatic amines is 1.